The zero-order chi connectivity index (χ0) is 16.5. The molecule has 22 heavy (non-hydrogen) atoms. The van der Waals surface area contributed by atoms with Crippen molar-refractivity contribution in [1.29, 1.82) is 0 Å². The Morgan fingerprint density at radius 3 is 2.05 bits per heavy atom. The minimum atomic E-state index is -1.24. The maximum atomic E-state index is 11.5. The van der Waals surface area contributed by atoms with Gasteiger partial charge in [-0.15, -0.1) is 0 Å². The number of carboxylic acid groups (broad SMARTS) is 2. The standard InChI is InChI=1S/C16H22O6/c1-3-21-9-7-11-5-6-13(15(17)18)14(16(19)20)12(11)8-10-22-4-2/h5-6H,3-4,7-10H2,1-2H3,(H,17,18)(H,19,20). The molecule has 0 radical (unpaired) electrons. The molecule has 1 aromatic rings. The molecule has 0 aromatic heterocycles. The molecule has 6 heteroatoms. The maximum absolute atomic E-state index is 11.5. The Bertz CT molecular complexity index is 524. The van der Waals surface area contributed by atoms with Gasteiger partial charge in [0, 0.05) is 13.2 Å². The van der Waals surface area contributed by atoms with Crippen LogP contribution in [0.1, 0.15) is 45.7 Å². The van der Waals surface area contributed by atoms with Crippen molar-refractivity contribution < 1.29 is 29.3 Å². The molecular formula is C16H22O6. The Morgan fingerprint density at radius 2 is 1.55 bits per heavy atom. The predicted molar refractivity (Wildman–Crippen MR) is 80.8 cm³/mol. The quantitative estimate of drug-likeness (QED) is 0.644. The lowest BCUT2D eigenvalue weighted by molar-refractivity contribution is 0.0649. The zero-order valence-electron chi connectivity index (χ0n) is 12.9. The monoisotopic (exact) mass is 310 g/mol. The summed E-state index contributed by atoms with van der Waals surface area (Å²) in [6, 6.07) is 3.01. The molecule has 0 fully saturated rings. The molecule has 0 amide bonds. The molecule has 122 valence electrons. The van der Waals surface area contributed by atoms with Gasteiger partial charge < -0.3 is 19.7 Å². The lowest BCUT2D eigenvalue weighted by Gasteiger charge is -2.15. The van der Waals surface area contributed by atoms with Crippen molar-refractivity contribution in [3.8, 4) is 0 Å². The van der Waals surface area contributed by atoms with Crippen LogP contribution in [-0.4, -0.2) is 48.6 Å². The average molecular weight is 310 g/mol. The topological polar surface area (TPSA) is 93.1 Å². The molecule has 0 saturated carbocycles. The Labute approximate surface area is 129 Å². The van der Waals surface area contributed by atoms with Crippen LogP contribution in [0.15, 0.2) is 12.1 Å². The van der Waals surface area contributed by atoms with E-state index in [2.05, 4.69) is 0 Å². The van der Waals surface area contributed by atoms with E-state index in [4.69, 9.17) is 9.47 Å². The van der Waals surface area contributed by atoms with E-state index in [0.717, 1.165) is 5.56 Å². The van der Waals surface area contributed by atoms with Gasteiger partial charge >= 0.3 is 11.9 Å². The molecule has 2 N–H and O–H groups in total. The molecule has 0 bridgehead atoms. The highest BCUT2D eigenvalue weighted by Crippen LogP contribution is 2.22. The molecule has 0 aliphatic rings. The smallest absolute Gasteiger partial charge is 0.336 e. The van der Waals surface area contributed by atoms with E-state index in [-0.39, 0.29) is 11.1 Å². The summed E-state index contributed by atoms with van der Waals surface area (Å²) in [5.74, 6) is -2.48. The number of hydrogen-bond donors (Lipinski definition) is 2. The summed E-state index contributed by atoms with van der Waals surface area (Å²) in [5, 5.41) is 18.6. The van der Waals surface area contributed by atoms with E-state index in [1.807, 2.05) is 13.8 Å². The number of rotatable bonds is 10. The third-order valence-corrected chi connectivity index (χ3v) is 3.27. The molecule has 0 unspecified atom stereocenters. The van der Waals surface area contributed by atoms with E-state index in [9.17, 15) is 19.8 Å². The second kappa shape index (κ2) is 9.17. The lowest BCUT2D eigenvalue weighted by Crippen LogP contribution is -2.16. The van der Waals surface area contributed by atoms with Crippen molar-refractivity contribution in [3.05, 3.63) is 34.4 Å². The molecule has 6 nitrogen and oxygen atoms in total. The van der Waals surface area contributed by atoms with Gasteiger partial charge in [-0.25, -0.2) is 9.59 Å². The van der Waals surface area contributed by atoms with Crippen molar-refractivity contribution in [2.45, 2.75) is 26.7 Å². The van der Waals surface area contributed by atoms with E-state index >= 15 is 0 Å². The molecule has 0 heterocycles. The van der Waals surface area contributed by atoms with Crippen molar-refractivity contribution >= 4 is 11.9 Å². The van der Waals surface area contributed by atoms with Gasteiger partial charge in [0.2, 0.25) is 0 Å². The second-order valence-corrected chi connectivity index (χ2v) is 4.63. The van der Waals surface area contributed by atoms with Crippen LogP contribution < -0.4 is 0 Å². The summed E-state index contributed by atoms with van der Waals surface area (Å²) in [5.41, 5.74) is 0.955. The minimum absolute atomic E-state index is 0.152. The summed E-state index contributed by atoms with van der Waals surface area (Å²) < 4.78 is 10.6. The first-order chi connectivity index (χ1) is 10.5. The fourth-order valence-corrected chi connectivity index (χ4v) is 2.28. The van der Waals surface area contributed by atoms with E-state index in [0.29, 0.717) is 44.8 Å². The van der Waals surface area contributed by atoms with E-state index < -0.39 is 11.9 Å². The first kappa shape index (κ1) is 18.1. The zero-order valence-corrected chi connectivity index (χ0v) is 12.9. The molecule has 0 aliphatic heterocycles. The van der Waals surface area contributed by atoms with Crippen LogP contribution in [0, 0.1) is 0 Å². The van der Waals surface area contributed by atoms with E-state index in [1.54, 1.807) is 6.07 Å². The van der Waals surface area contributed by atoms with Crippen LogP contribution in [0.25, 0.3) is 0 Å². The number of carboxylic acids is 2. The van der Waals surface area contributed by atoms with Crippen molar-refractivity contribution in [2.24, 2.45) is 0 Å². The predicted octanol–water partition coefficient (Wildman–Crippen LogP) is 2.24. The van der Waals surface area contributed by atoms with Gasteiger partial charge in [0.15, 0.2) is 0 Å². The van der Waals surface area contributed by atoms with Gasteiger partial charge in [0.25, 0.3) is 0 Å². The molecule has 1 rings (SSSR count). The third-order valence-electron chi connectivity index (χ3n) is 3.27. The number of carbonyl (C=O) groups is 2. The lowest BCUT2D eigenvalue weighted by atomic mass is 9.92. The Morgan fingerprint density at radius 1 is 0.955 bits per heavy atom. The van der Waals surface area contributed by atoms with Crippen LogP contribution in [-0.2, 0) is 22.3 Å². The van der Waals surface area contributed by atoms with Gasteiger partial charge in [-0.2, -0.15) is 0 Å². The maximum Gasteiger partial charge on any atom is 0.336 e. The number of hydrogen-bond acceptors (Lipinski definition) is 4. The Kier molecular flexibility index (Phi) is 7.56. The summed E-state index contributed by atoms with van der Waals surface area (Å²) in [4.78, 5) is 22.8. The minimum Gasteiger partial charge on any atom is -0.478 e. The summed E-state index contributed by atoms with van der Waals surface area (Å²) in [6.45, 7) is 5.64. The van der Waals surface area contributed by atoms with Crippen molar-refractivity contribution in [3.63, 3.8) is 0 Å². The molecule has 0 atom stereocenters. The molecule has 1 aromatic carbocycles. The highest BCUT2D eigenvalue weighted by molar-refractivity contribution is 6.03. The van der Waals surface area contributed by atoms with Gasteiger partial charge in [-0.3, -0.25) is 0 Å². The van der Waals surface area contributed by atoms with Crippen LogP contribution >= 0.6 is 0 Å². The van der Waals surface area contributed by atoms with Gasteiger partial charge in [-0.1, -0.05) is 6.07 Å². The first-order valence-electron chi connectivity index (χ1n) is 7.29. The summed E-state index contributed by atoms with van der Waals surface area (Å²) in [6.07, 6.45) is 0.896. The number of aromatic carboxylic acids is 2. The van der Waals surface area contributed by atoms with E-state index in [1.165, 1.54) is 6.07 Å². The largest absolute Gasteiger partial charge is 0.478 e. The average Bonchev–Trinajstić information content (AvgIpc) is 2.47. The highest BCUT2D eigenvalue weighted by Gasteiger charge is 2.22. The SMILES string of the molecule is CCOCCc1ccc(C(=O)O)c(C(=O)O)c1CCOCC. The molecular weight excluding hydrogens is 288 g/mol. The fraction of sp³-hybridized carbons (Fsp3) is 0.500. The Balaban J connectivity index is 3.21. The number of ether oxygens (including phenoxy) is 2. The Hall–Kier alpha value is -1.92. The van der Waals surface area contributed by atoms with Crippen LogP contribution in [0.5, 0.6) is 0 Å². The molecule has 0 spiro atoms. The van der Waals surface area contributed by atoms with Crippen LogP contribution in [0.2, 0.25) is 0 Å². The second-order valence-electron chi connectivity index (χ2n) is 4.63. The van der Waals surface area contributed by atoms with Crippen LogP contribution in [0.3, 0.4) is 0 Å². The fourth-order valence-electron chi connectivity index (χ4n) is 2.28. The van der Waals surface area contributed by atoms with Crippen LogP contribution in [0.4, 0.5) is 0 Å². The summed E-state index contributed by atoms with van der Waals surface area (Å²) in [7, 11) is 0. The van der Waals surface area contributed by atoms with Gasteiger partial charge in [-0.05, 0) is 43.9 Å². The number of benzene rings is 1. The van der Waals surface area contributed by atoms with Gasteiger partial charge in [0.1, 0.15) is 0 Å². The van der Waals surface area contributed by atoms with Crippen molar-refractivity contribution in [2.75, 3.05) is 26.4 Å². The molecule has 0 saturated heterocycles. The normalized spacial score (nSPS) is 10.6. The third kappa shape index (κ3) is 4.82. The van der Waals surface area contributed by atoms with Crippen molar-refractivity contribution in [1.82, 2.24) is 0 Å². The highest BCUT2D eigenvalue weighted by atomic mass is 16.5. The summed E-state index contributed by atoms with van der Waals surface area (Å²) >= 11 is 0. The molecule has 0 aliphatic carbocycles. The first-order valence-corrected chi connectivity index (χ1v) is 7.29. The van der Waals surface area contributed by atoms with Gasteiger partial charge in [0.05, 0.1) is 24.3 Å².